The van der Waals surface area contributed by atoms with Gasteiger partial charge in [-0.25, -0.2) is 9.67 Å². The maximum atomic E-state index is 11.6. The number of thiazole rings is 1. The highest BCUT2D eigenvalue weighted by Gasteiger charge is 2.22. The van der Waals surface area contributed by atoms with Crippen molar-refractivity contribution in [3.05, 3.63) is 84.6 Å². The summed E-state index contributed by atoms with van der Waals surface area (Å²) in [6.07, 6.45) is 2.90. The molecule has 3 heterocycles. The van der Waals surface area contributed by atoms with Crippen molar-refractivity contribution in [1.82, 2.24) is 4.68 Å². The van der Waals surface area contributed by atoms with Crippen molar-refractivity contribution in [2.24, 2.45) is 10.1 Å². The van der Waals surface area contributed by atoms with Crippen molar-refractivity contribution >= 4 is 52.1 Å². The second kappa shape index (κ2) is 8.74. The summed E-state index contributed by atoms with van der Waals surface area (Å²) < 4.78 is 17.6. The molecule has 12 heteroatoms. The fraction of sp³-hybridized carbons (Fsp3) is 0.0476. The van der Waals surface area contributed by atoms with Crippen LogP contribution in [0.5, 0.6) is 11.5 Å². The first-order valence-electron chi connectivity index (χ1n) is 9.36. The fourth-order valence-corrected chi connectivity index (χ4v) is 4.37. The van der Waals surface area contributed by atoms with Crippen LogP contribution in [0.2, 0.25) is 10.0 Å². The van der Waals surface area contributed by atoms with E-state index in [0.29, 0.717) is 43.5 Å². The number of nitrogens with zero attached hydrogens (tertiary/aromatic N) is 4. The van der Waals surface area contributed by atoms with E-state index >= 15 is 0 Å². The van der Waals surface area contributed by atoms with Crippen LogP contribution in [0.25, 0.3) is 11.5 Å². The summed E-state index contributed by atoms with van der Waals surface area (Å²) in [6, 6.07) is 11.3. The fourth-order valence-electron chi connectivity index (χ4n) is 3.09. The van der Waals surface area contributed by atoms with E-state index in [1.165, 1.54) is 40.6 Å². The Bertz CT molecular complexity index is 1460. The first kappa shape index (κ1) is 21.3. The molecule has 0 spiro atoms. The lowest BCUT2D eigenvalue weighted by atomic mass is 10.1. The van der Waals surface area contributed by atoms with Crippen molar-refractivity contribution in [2.75, 3.05) is 6.79 Å². The number of rotatable bonds is 5. The van der Waals surface area contributed by atoms with Crippen LogP contribution in [0, 0.1) is 10.1 Å². The number of halogens is 2. The Morgan fingerprint density at radius 3 is 2.70 bits per heavy atom. The number of hydrogen-bond donors (Lipinski definition) is 0. The van der Waals surface area contributed by atoms with Gasteiger partial charge in [0, 0.05) is 10.4 Å². The summed E-state index contributed by atoms with van der Waals surface area (Å²) >= 11 is 13.6. The molecule has 0 bridgehead atoms. The van der Waals surface area contributed by atoms with E-state index in [-0.39, 0.29) is 18.0 Å². The van der Waals surface area contributed by atoms with E-state index in [4.69, 9.17) is 37.1 Å². The topological polar surface area (TPSA) is 104 Å². The summed E-state index contributed by atoms with van der Waals surface area (Å²) in [6.45, 7) is -0.000113. The van der Waals surface area contributed by atoms with E-state index < -0.39 is 4.92 Å². The Hall–Kier alpha value is -3.60. The molecule has 0 amide bonds. The minimum absolute atomic E-state index is 0.000113. The lowest BCUT2D eigenvalue weighted by Gasteiger charge is -2.03. The number of nitro groups is 1. The summed E-state index contributed by atoms with van der Waals surface area (Å²) in [5.74, 6) is 1.26. The summed E-state index contributed by atoms with van der Waals surface area (Å²) in [5.41, 5.74) is 1.17. The molecular weight excluding hydrogens is 491 g/mol. The lowest BCUT2D eigenvalue weighted by Crippen LogP contribution is -2.11. The van der Waals surface area contributed by atoms with Gasteiger partial charge in [-0.05, 0) is 36.4 Å². The Morgan fingerprint density at radius 1 is 1.15 bits per heavy atom. The molecule has 0 aliphatic carbocycles. The Balaban J connectivity index is 1.65. The summed E-state index contributed by atoms with van der Waals surface area (Å²) in [5, 5.41) is 18.7. The Labute approximate surface area is 199 Å². The number of fused-ring (bicyclic) bond motifs is 1. The Morgan fingerprint density at radius 2 is 1.97 bits per heavy atom. The molecule has 0 radical (unpaired) electrons. The van der Waals surface area contributed by atoms with Crippen LogP contribution < -0.4 is 14.3 Å². The predicted octanol–water partition coefficient (Wildman–Crippen LogP) is 5.87. The molecule has 0 fully saturated rings. The molecule has 0 N–H and O–H groups in total. The van der Waals surface area contributed by atoms with Crippen molar-refractivity contribution in [2.45, 2.75) is 0 Å². The molecule has 4 aromatic rings. The molecule has 0 atom stereocenters. The average molecular weight is 503 g/mol. The van der Waals surface area contributed by atoms with Crippen LogP contribution in [-0.2, 0) is 0 Å². The largest absolute Gasteiger partial charge is 0.463 e. The first-order chi connectivity index (χ1) is 16.0. The molecule has 1 aliphatic heterocycles. The van der Waals surface area contributed by atoms with Crippen LogP contribution in [0.1, 0.15) is 5.56 Å². The number of aromatic nitrogens is 1. The van der Waals surface area contributed by atoms with Gasteiger partial charge in [0.2, 0.25) is 11.6 Å². The van der Waals surface area contributed by atoms with Crippen LogP contribution in [0.4, 0.5) is 11.4 Å². The van der Waals surface area contributed by atoms with Gasteiger partial charge in [-0.1, -0.05) is 23.2 Å². The van der Waals surface area contributed by atoms with Gasteiger partial charge in [-0.15, -0.1) is 11.3 Å². The van der Waals surface area contributed by atoms with Gasteiger partial charge in [-0.3, -0.25) is 10.1 Å². The maximum absolute atomic E-state index is 11.6. The first-order valence-corrected chi connectivity index (χ1v) is 11.0. The third-order valence-corrected chi connectivity index (χ3v) is 5.97. The highest BCUT2D eigenvalue weighted by atomic mass is 35.5. The van der Waals surface area contributed by atoms with Gasteiger partial charge in [0.05, 0.1) is 39.7 Å². The van der Waals surface area contributed by atoms with E-state index in [1.54, 1.807) is 30.3 Å². The van der Waals surface area contributed by atoms with Crippen LogP contribution >= 0.6 is 34.5 Å². The molecule has 0 unspecified atom stereocenters. The molecule has 9 nitrogen and oxygen atoms in total. The van der Waals surface area contributed by atoms with E-state index in [2.05, 4.69) is 10.1 Å². The van der Waals surface area contributed by atoms with E-state index in [1.807, 2.05) is 5.38 Å². The number of benzene rings is 2. The third-order valence-electron chi connectivity index (χ3n) is 4.62. The van der Waals surface area contributed by atoms with Gasteiger partial charge in [0.15, 0.2) is 17.3 Å². The molecule has 5 rings (SSSR count). The monoisotopic (exact) mass is 502 g/mol. The minimum Gasteiger partial charge on any atom is -0.463 e. The van der Waals surface area contributed by atoms with Crippen molar-refractivity contribution < 1.29 is 18.8 Å². The van der Waals surface area contributed by atoms with Crippen LogP contribution in [0.3, 0.4) is 0 Å². The van der Waals surface area contributed by atoms with Crippen LogP contribution in [-0.4, -0.2) is 22.6 Å². The maximum Gasteiger partial charge on any atom is 0.282 e. The lowest BCUT2D eigenvalue weighted by molar-refractivity contribution is -0.385. The molecule has 166 valence electrons. The van der Waals surface area contributed by atoms with Crippen molar-refractivity contribution in [1.29, 1.82) is 0 Å². The quantitative estimate of drug-likeness (QED) is 0.193. The molecule has 0 saturated carbocycles. The highest BCUT2D eigenvalue weighted by molar-refractivity contribution is 7.07. The number of furan rings is 1. The zero-order valence-electron chi connectivity index (χ0n) is 16.5. The van der Waals surface area contributed by atoms with Gasteiger partial charge >= 0.3 is 0 Å². The molecule has 0 saturated heterocycles. The van der Waals surface area contributed by atoms with E-state index in [0.717, 1.165) is 0 Å². The normalized spacial score (nSPS) is 13.2. The van der Waals surface area contributed by atoms with Gasteiger partial charge < -0.3 is 13.9 Å². The molecule has 1 aliphatic rings. The van der Waals surface area contributed by atoms with Crippen LogP contribution in [0.15, 0.2) is 68.6 Å². The molecule has 33 heavy (non-hydrogen) atoms. The smallest absolute Gasteiger partial charge is 0.282 e. The molecule has 2 aromatic carbocycles. The zero-order chi connectivity index (χ0) is 22.9. The average Bonchev–Trinajstić information content (AvgIpc) is 3.54. The van der Waals surface area contributed by atoms with Gasteiger partial charge in [0.25, 0.3) is 5.69 Å². The second-order valence-electron chi connectivity index (χ2n) is 6.67. The minimum atomic E-state index is -0.506. The van der Waals surface area contributed by atoms with Gasteiger partial charge in [0.1, 0.15) is 5.69 Å². The SMILES string of the molecule is O=[N+]([O-])c1cc2c(cc1C=Nn1c(-c3ccco3)csc1=Nc1ccc(Cl)cc1Cl)OCO2. The van der Waals surface area contributed by atoms with Crippen molar-refractivity contribution in [3.8, 4) is 23.0 Å². The highest BCUT2D eigenvalue weighted by Crippen LogP contribution is 2.37. The van der Waals surface area contributed by atoms with Gasteiger partial charge in [-0.2, -0.15) is 5.10 Å². The summed E-state index contributed by atoms with van der Waals surface area (Å²) in [4.78, 5) is 16.1. The van der Waals surface area contributed by atoms with Crippen molar-refractivity contribution in [3.63, 3.8) is 0 Å². The number of nitro benzene ring substituents is 1. The number of hydrogen-bond acceptors (Lipinski definition) is 8. The zero-order valence-corrected chi connectivity index (χ0v) is 18.8. The summed E-state index contributed by atoms with van der Waals surface area (Å²) in [7, 11) is 0. The Kier molecular flexibility index (Phi) is 5.63. The molecule has 2 aromatic heterocycles. The standard InChI is InChI=1S/C21H12Cl2N4O5S/c22-13-3-4-15(14(23)7-13)25-21-26(17(10-33-21)18-2-1-5-30-18)24-9-12-6-19-20(32-11-31-19)8-16(12)27(28)29/h1-10H,11H2. The third kappa shape index (κ3) is 4.23. The second-order valence-corrected chi connectivity index (χ2v) is 8.35. The predicted molar refractivity (Wildman–Crippen MR) is 124 cm³/mol. The number of ether oxygens (including phenoxy) is 2. The molecular formula is C21H12Cl2N4O5S. The van der Waals surface area contributed by atoms with E-state index in [9.17, 15) is 10.1 Å².